The van der Waals surface area contributed by atoms with Gasteiger partial charge in [-0.1, -0.05) is 35.0 Å². The molecule has 106 valence electrons. The minimum absolute atomic E-state index is 0.0154. The molecule has 2 rings (SSSR count). The van der Waals surface area contributed by atoms with E-state index < -0.39 is 0 Å². The standard InChI is InChI=1S/C11H9Cl2N3O3S/c1-5(18)20-6-2-8(19)16(3-6)11-14-9(12)7(4-17)10(13)15-11/h4,6H,2-3H2,1H3. The monoisotopic (exact) mass is 333 g/mol. The number of nitrogens with zero attached hydrogens (tertiary/aromatic N) is 3. The van der Waals surface area contributed by atoms with Crippen molar-refractivity contribution in [3.63, 3.8) is 0 Å². The van der Waals surface area contributed by atoms with Gasteiger partial charge in [0.15, 0.2) is 11.4 Å². The van der Waals surface area contributed by atoms with Crippen molar-refractivity contribution < 1.29 is 14.4 Å². The molecule has 0 N–H and O–H groups in total. The summed E-state index contributed by atoms with van der Waals surface area (Å²) in [6, 6.07) is 0. The van der Waals surface area contributed by atoms with Crippen LogP contribution in [0.15, 0.2) is 0 Å². The summed E-state index contributed by atoms with van der Waals surface area (Å²) in [7, 11) is 0. The van der Waals surface area contributed by atoms with E-state index in [0.717, 1.165) is 11.8 Å². The Kier molecular flexibility index (Phi) is 4.62. The number of thioether (sulfide) groups is 1. The SMILES string of the molecule is CC(=O)SC1CC(=O)N(c2nc(Cl)c(C=O)c(Cl)n2)C1. The van der Waals surface area contributed by atoms with Crippen molar-refractivity contribution in [2.45, 2.75) is 18.6 Å². The first-order chi connectivity index (χ1) is 9.42. The van der Waals surface area contributed by atoms with E-state index in [1.54, 1.807) is 0 Å². The molecule has 1 amide bonds. The lowest BCUT2D eigenvalue weighted by molar-refractivity contribution is -0.117. The average molecular weight is 334 g/mol. The maximum Gasteiger partial charge on any atom is 0.235 e. The molecule has 20 heavy (non-hydrogen) atoms. The number of rotatable bonds is 3. The summed E-state index contributed by atoms with van der Waals surface area (Å²) >= 11 is 12.7. The molecule has 0 radical (unpaired) electrons. The van der Waals surface area contributed by atoms with Gasteiger partial charge in [0, 0.05) is 25.1 Å². The van der Waals surface area contributed by atoms with Gasteiger partial charge in [-0.25, -0.2) is 0 Å². The highest BCUT2D eigenvalue weighted by Crippen LogP contribution is 2.29. The quantitative estimate of drug-likeness (QED) is 0.621. The minimum Gasteiger partial charge on any atom is -0.298 e. The van der Waals surface area contributed by atoms with E-state index in [0.29, 0.717) is 12.8 Å². The molecule has 2 heterocycles. The van der Waals surface area contributed by atoms with Gasteiger partial charge in [-0.15, -0.1) is 0 Å². The fraction of sp³-hybridized carbons (Fsp3) is 0.364. The van der Waals surface area contributed by atoms with Crippen LogP contribution in [0.1, 0.15) is 23.7 Å². The highest BCUT2D eigenvalue weighted by atomic mass is 35.5. The first kappa shape index (κ1) is 15.2. The number of carbonyl (C=O) groups is 3. The molecule has 0 spiro atoms. The number of aldehydes is 1. The lowest BCUT2D eigenvalue weighted by atomic mass is 10.4. The molecule has 1 unspecified atom stereocenters. The zero-order valence-corrected chi connectivity index (χ0v) is 12.6. The molecule has 0 aromatic carbocycles. The molecule has 0 bridgehead atoms. The van der Waals surface area contributed by atoms with Crippen molar-refractivity contribution in [1.82, 2.24) is 9.97 Å². The van der Waals surface area contributed by atoms with Crippen LogP contribution in [0.3, 0.4) is 0 Å². The zero-order valence-electron chi connectivity index (χ0n) is 10.3. The predicted octanol–water partition coefficient (Wildman–Crippen LogP) is 1.98. The van der Waals surface area contributed by atoms with E-state index in [1.165, 1.54) is 11.8 Å². The number of carbonyl (C=O) groups excluding carboxylic acids is 3. The van der Waals surface area contributed by atoms with Gasteiger partial charge < -0.3 is 0 Å². The second kappa shape index (κ2) is 6.07. The zero-order chi connectivity index (χ0) is 14.9. The Labute approximate surface area is 128 Å². The van der Waals surface area contributed by atoms with Crippen LogP contribution in [0.25, 0.3) is 0 Å². The Hall–Kier alpha value is -1.18. The van der Waals surface area contributed by atoms with Gasteiger partial charge >= 0.3 is 0 Å². The minimum atomic E-state index is -0.213. The largest absolute Gasteiger partial charge is 0.298 e. The predicted molar refractivity (Wildman–Crippen MR) is 76.5 cm³/mol. The summed E-state index contributed by atoms with van der Waals surface area (Å²) in [4.78, 5) is 42.8. The molecule has 0 aliphatic carbocycles. The third kappa shape index (κ3) is 3.11. The summed E-state index contributed by atoms with van der Waals surface area (Å²) in [5, 5.41) is -0.416. The van der Waals surface area contributed by atoms with Crippen LogP contribution in [-0.2, 0) is 9.59 Å². The van der Waals surface area contributed by atoms with Gasteiger partial charge in [0.25, 0.3) is 0 Å². The van der Waals surface area contributed by atoms with Crippen LogP contribution >= 0.6 is 35.0 Å². The van der Waals surface area contributed by atoms with Crippen LogP contribution in [0, 0.1) is 0 Å². The van der Waals surface area contributed by atoms with Gasteiger partial charge in [0.1, 0.15) is 10.3 Å². The van der Waals surface area contributed by atoms with Crippen molar-refractivity contribution in [3.05, 3.63) is 15.9 Å². The van der Waals surface area contributed by atoms with Crippen LogP contribution in [0.4, 0.5) is 5.95 Å². The topological polar surface area (TPSA) is 80.2 Å². The van der Waals surface area contributed by atoms with E-state index >= 15 is 0 Å². The molecule has 1 aliphatic heterocycles. The number of aromatic nitrogens is 2. The van der Waals surface area contributed by atoms with E-state index in [2.05, 4.69) is 9.97 Å². The summed E-state index contributed by atoms with van der Waals surface area (Å²) in [5.74, 6) is -0.169. The summed E-state index contributed by atoms with van der Waals surface area (Å²) in [5.41, 5.74) is -0.0154. The van der Waals surface area contributed by atoms with Crippen molar-refractivity contribution in [2.75, 3.05) is 11.4 Å². The normalized spacial score (nSPS) is 18.4. The second-order valence-electron chi connectivity index (χ2n) is 4.08. The van der Waals surface area contributed by atoms with Gasteiger partial charge in [0.05, 0.1) is 5.56 Å². The maximum absolute atomic E-state index is 11.9. The van der Waals surface area contributed by atoms with Crippen molar-refractivity contribution >= 4 is 58.2 Å². The summed E-state index contributed by atoms with van der Waals surface area (Å²) < 4.78 is 0. The number of hydrogen-bond donors (Lipinski definition) is 0. The van der Waals surface area contributed by atoms with Crippen LogP contribution in [0.2, 0.25) is 10.3 Å². The second-order valence-corrected chi connectivity index (χ2v) is 6.27. The Bertz CT molecular complexity index is 573. The van der Waals surface area contributed by atoms with Crippen molar-refractivity contribution in [3.8, 4) is 0 Å². The number of amides is 1. The fourth-order valence-corrected chi connectivity index (χ4v) is 3.19. The highest BCUT2D eigenvalue weighted by Gasteiger charge is 2.34. The average Bonchev–Trinajstić information content (AvgIpc) is 2.68. The van der Waals surface area contributed by atoms with E-state index in [-0.39, 0.29) is 44.5 Å². The third-order valence-corrected chi connectivity index (χ3v) is 4.18. The van der Waals surface area contributed by atoms with Gasteiger partial charge in [0.2, 0.25) is 11.9 Å². The Morgan fingerprint density at radius 2 is 2.00 bits per heavy atom. The highest BCUT2D eigenvalue weighted by molar-refractivity contribution is 8.14. The number of halogens is 2. The molecule has 1 atom stereocenters. The van der Waals surface area contributed by atoms with Gasteiger partial charge in [-0.3, -0.25) is 19.3 Å². The third-order valence-electron chi connectivity index (χ3n) is 2.62. The first-order valence-corrected chi connectivity index (χ1v) is 7.21. The first-order valence-electron chi connectivity index (χ1n) is 5.58. The molecule has 1 saturated heterocycles. The molecule has 9 heteroatoms. The van der Waals surface area contributed by atoms with Crippen LogP contribution in [-0.4, -0.2) is 39.1 Å². The van der Waals surface area contributed by atoms with Gasteiger partial charge in [-0.2, -0.15) is 9.97 Å². The van der Waals surface area contributed by atoms with Crippen LogP contribution in [0.5, 0.6) is 0 Å². The molecule has 6 nitrogen and oxygen atoms in total. The fourth-order valence-electron chi connectivity index (χ4n) is 1.81. The molecule has 1 aliphatic rings. The molecular formula is C11H9Cl2N3O3S. The lowest BCUT2D eigenvalue weighted by Gasteiger charge is -2.15. The number of hydrogen-bond acceptors (Lipinski definition) is 6. The summed E-state index contributed by atoms with van der Waals surface area (Å²) in [6.07, 6.45) is 0.674. The molecule has 0 saturated carbocycles. The molecule has 1 aromatic heterocycles. The molecule has 1 aromatic rings. The van der Waals surface area contributed by atoms with Gasteiger partial charge in [-0.05, 0) is 0 Å². The Balaban J connectivity index is 2.26. The molecule has 1 fully saturated rings. The maximum atomic E-state index is 11.9. The lowest BCUT2D eigenvalue weighted by Crippen LogP contribution is -2.27. The van der Waals surface area contributed by atoms with Crippen LogP contribution < -0.4 is 4.90 Å². The summed E-state index contributed by atoms with van der Waals surface area (Å²) in [6.45, 7) is 1.75. The Morgan fingerprint density at radius 3 is 2.50 bits per heavy atom. The van der Waals surface area contributed by atoms with E-state index in [9.17, 15) is 14.4 Å². The van der Waals surface area contributed by atoms with E-state index in [1.807, 2.05) is 0 Å². The van der Waals surface area contributed by atoms with Crippen molar-refractivity contribution in [1.29, 1.82) is 0 Å². The van der Waals surface area contributed by atoms with Crippen molar-refractivity contribution in [2.24, 2.45) is 0 Å². The molecular weight excluding hydrogens is 325 g/mol. The van der Waals surface area contributed by atoms with E-state index in [4.69, 9.17) is 23.2 Å². The number of anilines is 1. The Morgan fingerprint density at radius 1 is 1.40 bits per heavy atom. The smallest absolute Gasteiger partial charge is 0.235 e.